The molecule has 0 amide bonds. The first-order valence-electron chi connectivity index (χ1n) is 9.88. The largest absolute Gasteiger partial charge is 0.240 e. The van der Waals surface area contributed by atoms with Crippen LogP contribution in [0.3, 0.4) is 0 Å². The zero-order valence-corrected chi connectivity index (χ0v) is 16.7. The summed E-state index contributed by atoms with van der Waals surface area (Å²) in [6.07, 6.45) is 8.65. The molecule has 1 N–H and O–H groups in total. The van der Waals surface area contributed by atoms with Crippen molar-refractivity contribution in [1.29, 1.82) is 0 Å². The van der Waals surface area contributed by atoms with Crippen LogP contribution in [0.25, 0.3) is 0 Å². The van der Waals surface area contributed by atoms with Crippen molar-refractivity contribution < 1.29 is 8.42 Å². The first-order valence-corrected chi connectivity index (χ1v) is 11.4. The summed E-state index contributed by atoms with van der Waals surface area (Å²) in [6, 6.07) is 8.76. The minimum Gasteiger partial charge on any atom is -0.208 e. The van der Waals surface area contributed by atoms with Crippen LogP contribution in [0.15, 0.2) is 35.2 Å². The minimum atomic E-state index is -3.45. The van der Waals surface area contributed by atoms with E-state index < -0.39 is 10.0 Å². The van der Waals surface area contributed by atoms with Crippen LogP contribution in [0.4, 0.5) is 0 Å². The lowest BCUT2D eigenvalue weighted by molar-refractivity contribution is 0.0362. The Labute approximate surface area is 153 Å². The number of rotatable bonds is 4. The Morgan fingerprint density at radius 1 is 1.04 bits per heavy atom. The highest BCUT2D eigenvalue weighted by molar-refractivity contribution is 7.89. The van der Waals surface area contributed by atoms with E-state index in [1.54, 1.807) is 24.3 Å². The van der Waals surface area contributed by atoms with Gasteiger partial charge in [-0.05, 0) is 67.9 Å². The lowest BCUT2D eigenvalue weighted by atomic mass is 9.58. The summed E-state index contributed by atoms with van der Waals surface area (Å²) >= 11 is 0. The van der Waals surface area contributed by atoms with E-state index in [4.69, 9.17) is 0 Å². The monoisotopic (exact) mass is 363 g/mol. The van der Waals surface area contributed by atoms with Gasteiger partial charge in [0.1, 0.15) is 0 Å². The molecule has 3 nitrogen and oxygen atoms in total. The summed E-state index contributed by atoms with van der Waals surface area (Å²) in [6.45, 7) is 6.81. The second kappa shape index (κ2) is 7.40. The Balaban J connectivity index is 1.83. The molecule has 0 spiro atoms. The van der Waals surface area contributed by atoms with Crippen LogP contribution in [0.5, 0.6) is 0 Å². The lowest BCUT2D eigenvalue weighted by Gasteiger charge is -2.49. The Hall–Kier alpha value is -0.870. The summed E-state index contributed by atoms with van der Waals surface area (Å²) in [4.78, 5) is 0.373. The van der Waals surface area contributed by atoms with Crippen molar-refractivity contribution in [1.82, 2.24) is 4.72 Å². The van der Waals surface area contributed by atoms with Crippen molar-refractivity contribution in [2.24, 2.45) is 23.2 Å². The molecule has 2 fully saturated rings. The maximum Gasteiger partial charge on any atom is 0.240 e. The molecule has 0 aromatic heterocycles. The predicted octanol–water partition coefficient (Wildman–Crippen LogP) is 4.99. The van der Waals surface area contributed by atoms with Crippen LogP contribution in [0, 0.1) is 23.2 Å². The van der Waals surface area contributed by atoms with Gasteiger partial charge in [0, 0.05) is 6.04 Å². The Morgan fingerprint density at radius 3 is 2.48 bits per heavy atom. The van der Waals surface area contributed by atoms with Crippen LogP contribution < -0.4 is 4.72 Å². The zero-order valence-electron chi connectivity index (χ0n) is 15.9. The first kappa shape index (κ1) is 18.9. The molecule has 2 bridgehead atoms. The molecular weight excluding hydrogens is 330 g/mol. The molecule has 1 aromatic rings. The maximum absolute atomic E-state index is 12.8. The summed E-state index contributed by atoms with van der Waals surface area (Å²) in [5.41, 5.74) is 0.110. The van der Waals surface area contributed by atoms with Crippen molar-refractivity contribution in [3.8, 4) is 0 Å². The van der Waals surface area contributed by atoms with E-state index in [2.05, 4.69) is 25.5 Å². The molecule has 0 radical (unpaired) electrons. The van der Waals surface area contributed by atoms with Gasteiger partial charge in [-0.25, -0.2) is 13.1 Å². The van der Waals surface area contributed by atoms with Gasteiger partial charge in [-0.2, -0.15) is 0 Å². The van der Waals surface area contributed by atoms with Gasteiger partial charge in [-0.15, -0.1) is 0 Å². The third-order valence-electron chi connectivity index (χ3n) is 6.69. The SMILES string of the molecule is CC1CCC2CC(C)CC(C(C)NS(=O)(=O)c3ccccc3)(CC1)C2. The number of sulfonamides is 1. The van der Waals surface area contributed by atoms with E-state index >= 15 is 0 Å². The zero-order chi connectivity index (χ0) is 18.1. The second-order valence-electron chi connectivity index (χ2n) is 8.85. The number of benzene rings is 1. The third-order valence-corrected chi connectivity index (χ3v) is 8.25. The normalized spacial score (nSPS) is 34.8. The van der Waals surface area contributed by atoms with Gasteiger partial charge >= 0.3 is 0 Å². The highest BCUT2D eigenvalue weighted by atomic mass is 32.2. The molecule has 0 aliphatic heterocycles. The van der Waals surface area contributed by atoms with E-state index in [0.717, 1.165) is 24.7 Å². The standard InChI is InChI=1S/C21H33NO2S/c1-16-9-10-19-13-17(2)14-21(15-19,12-11-16)18(3)22-25(23,24)20-7-5-4-6-8-20/h4-8,16-19,22H,9-15H2,1-3H3. The van der Waals surface area contributed by atoms with Gasteiger partial charge < -0.3 is 0 Å². The number of fused-ring (bicyclic) bond motifs is 2. The second-order valence-corrected chi connectivity index (χ2v) is 10.6. The summed E-state index contributed by atoms with van der Waals surface area (Å²) in [5.74, 6) is 2.21. The average molecular weight is 364 g/mol. The molecule has 25 heavy (non-hydrogen) atoms. The maximum atomic E-state index is 12.8. The summed E-state index contributed by atoms with van der Waals surface area (Å²) in [7, 11) is -3.45. The lowest BCUT2D eigenvalue weighted by Crippen LogP contribution is -2.50. The van der Waals surface area contributed by atoms with E-state index in [0.29, 0.717) is 10.8 Å². The molecule has 0 heterocycles. The molecule has 5 atom stereocenters. The van der Waals surface area contributed by atoms with Gasteiger partial charge in [0.15, 0.2) is 0 Å². The number of hydrogen-bond donors (Lipinski definition) is 1. The van der Waals surface area contributed by atoms with Crippen LogP contribution in [0.1, 0.15) is 65.7 Å². The number of hydrogen-bond acceptors (Lipinski definition) is 2. The summed E-state index contributed by atoms with van der Waals surface area (Å²) in [5, 5.41) is 0. The fourth-order valence-electron chi connectivity index (χ4n) is 5.31. The topological polar surface area (TPSA) is 46.2 Å². The van der Waals surface area contributed by atoms with Crippen LogP contribution in [-0.4, -0.2) is 14.5 Å². The highest BCUT2D eigenvalue weighted by Gasteiger charge is 2.45. The highest BCUT2D eigenvalue weighted by Crippen LogP contribution is 2.51. The van der Waals surface area contributed by atoms with E-state index in [1.165, 1.54) is 32.1 Å². The van der Waals surface area contributed by atoms with Gasteiger partial charge in [-0.3, -0.25) is 0 Å². The molecule has 2 aliphatic rings. The van der Waals surface area contributed by atoms with Gasteiger partial charge in [0.25, 0.3) is 0 Å². The van der Waals surface area contributed by atoms with E-state index in [1.807, 2.05) is 6.07 Å². The van der Waals surface area contributed by atoms with Crippen LogP contribution in [-0.2, 0) is 10.0 Å². The van der Waals surface area contributed by atoms with E-state index in [-0.39, 0.29) is 11.5 Å². The fraction of sp³-hybridized carbons (Fsp3) is 0.714. The molecule has 140 valence electrons. The molecule has 5 unspecified atom stereocenters. The van der Waals surface area contributed by atoms with Gasteiger partial charge in [-0.1, -0.05) is 51.3 Å². The Kier molecular flexibility index (Phi) is 5.60. The van der Waals surface area contributed by atoms with Crippen molar-refractivity contribution >= 4 is 10.0 Å². The van der Waals surface area contributed by atoms with Crippen LogP contribution >= 0.6 is 0 Å². The smallest absolute Gasteiger partial charge is 0.208 e. The number of nitrogens with one attached hydrogen (secondary N) is 1. The third kappa shape index (κ3) is 4.28. The molecule has 3 rings (SSSR count). The molecule has 1 aromatic carbocycles. The minimum absolute atomic E-state index is 0.0201. The molecule has 4 heteroatoms. The van der Waals surface area contributed by atoms with Gasteiger partial charge in [0.05, 0.1) is 4.90 Å². The van der Waals surface area contributed by atoms with Crippen molar-refractivity contribution in [2.75, 3.05) is 0 Å². The molecule has 2 saturated carbocycles. The van der Waals surface area contributed by atoms with E-state index in [9.17, 15) is 8.42 Å². The molecule has 0 saturated heterocycles. The molecule has 2 aliphatic carbocycles. The van der Waals surface area contributed by atoms with Crippen molar-refractivity contribution in [3.63, 3.8) is 0 Å². The Bertz CT molecular complexity index is 672. The predicted molar refractivity (Wildman–Crippen MR) is 103 cm³/mol. The van der Waals surface area contributed by atoms with Crippen LogP contribution in [0.2, 0.25) is 0 Å². The van der Waals surface area contributed by atoms with Gasteiger partial charge in [0.2, 0.25) is 10.0 Å². The average Bonchev–Trinajstić information content (AvgIpc) is 2.57. The Morgan fingerprint density at radius 2 is 1.76 bits per heavy atom. The first-order chi connectivity index (χ1) is 11.8. The van der Waals surface area contributed by atoms with Crippen molar-refractivity contribution in [3.05, 3.63) is 30.3 Å². The quantitative estimate of drug-likeness (QED) is 0.819. The summed E-state index contributed by atoms with van der Waals surface area (Å²) < 4.78 is 28.7. The van der Waals surface area contributed by atoms with Crippen molar-refractivity contribution in [2.45, 2.75) is 76.7 Å². The molecular formula is C21H33NO2S. The fourth-order valence-corrected chi connectivity index (χ4v) is 6.67.